The van der Waals surface area contributed by atoms with Crippen molar-refractivity contribution in [2.75, 3.05) is 0 Å². The molecule has 1 aromatic carbocycles. The molecule has 0 aromatic heterocycles. The number of piperidine rings is 1. The summed E-state index contributed by atoms with van der Waals surface area (Å²) in [7, 11) is 0. The van der Waals surface area contributed by atoms with E-state index in [1.165, 1.54) is 12.1 Å². The van der Waals surface area contributed by atoms with Gasteiger partial charge in [0.1, 0.15) is 5.60 Å². The van der Waals surface area contributed by atoms with Crippen LogP contribution in [0.1, 0.15) is 52.0 Å². The Hall–Kier alpha value is -1.69. The van der Waals surface area contributed by atoms with Gasteiger partial charge in [-0.15, -0.1) is 0 Å². The number of carbonyl (C=O) groups excluding carboxylic acids is 1. The van der Waals surface area contributed by atoms with Gasteiger partial charge in [-0.3, -0.25) is 0 Å². The SMILES string of the molecule is CC(C)(C)OC(=O)N1C2CCC1CC(O)(c1cccc(F)c1F)C2. The molecule has 2 fully saturated rings. The van der Waals surface area contributed by atoms with Crippen molar-refractivity contribution in [1.29, 1.82) is 0 Å². The molecule has 2 saturated heterocycles. The summed E-state index contributed by atoms with van der Waals surface area (Å²) in [5.41, 5.74) is -2.08. The van der Waals surface area contributed by atoms with E-state index in [0.717, 1.165) is 18.9 Å². The summed E-state index contributed by atoms with van der Waals surface area (Å²) in [6.45, 7) is 5.40. The van der Waals surface area contributed by atoms with Crippen molar-refractivity contribution in [2.45, 2.75) is 69.7 Å². The van der Waals surface area contributed by atoms with Gasteiger partial charge in [0.05, 0.1) is 5.60 Å². The molecule has 0 spiro atoms. The molecule has 2 unspecified atom stereocenters. The summed E-state index contributed by atoms with van der Waals surface area (Å²) in [6.07, 6.45) is 1.41. The van der Waals surface area contributed by atoms with E-state index in [1.807, 2.05) is 0 Å². The molecule has 4 nitrogen and oxygen atoms in total. The van der Waals surface area contributed by atoms with Crippen molar-refractivity contribution in [1.82, 2.24) is 4.90 Å². The van der Waals surface area contributed by atoms with Crippen LogP contribution in [-0.2, 0) is 10.3 Å². The molecular weight excluding hydrogens is 316 g/mol. The minimum atomic E-state index is -1.46. The third kappa shape index (κ3) is 2.99. The molecule has 24 heavy (non-hydrogen) atoms. The van der Waals surface area contributed by atoms with Crippen LogP contribution >= 0.6 is 0 Å². The zero-order chi connectivity index (χ0) is 17.7. The molecule has 2 heterocycles. The van der Waals surface area contributed by atoms with Gasteiger partial charge < -0.3 is 14.7 Å². The summed E-state index contributed by atoms with van der Waals surface area (Å²) >= 11 is 0. The van der Waals surface area contributed by atoms with Gasteiger partial charge in [0.15, 0.2) is 11.6 Å². The minimum absolute atomic E-state index is 0.0248. The van der Waals surface area contributed by atoms with E-state index in [2.05, 4.69) is 0 Å². The molecule has 0 aliphatic carbocycles. The lowest BCUT2D eigenvalue weighted by atomic mass is 9.80. The number of aliphatic hydroxyl groups is 1. The summed E-state index contributed by atoms with van der Waals surface area (Å²) in [6, 6.07) is 3.39. The fourth-order valence-electron chi connectivity index (χ4n) is 3.92. The molecule has 3 rings (SSSR count). The van der Waals surface area contributed by atoms with E-state index in [-0.39, 0.29) is 30.5 Å². The van der Waals surface area contributed by atoms with Gasteiger partial charge in [0.25, 0.3) is 0 Å². The van der Waals surface area contributed by atoms with Crippen LogP contribution in [0.15, 0.2) is 18.2 Å². The van der Waals surface area contributed by atoms with Crippen molar-refractivity contribution in [3.05, 3.63) is 35.4 Å². The van der Waals surface area contributed by atoms with Gasteiger partial charge in [0, 0.05) is 30.5 Å². The molecule has 1 aromatic rings. The maximum atomic E-state index is 14.1. The van der Waals surface area contributed by atoms with Crippen LogP contribution in [0.3, 0.4) is 0 Å². The quantitative estimate of drug-likeness (QED) is 0.848. The topological polar surface area (TPSA) is 49.8 Å². The van der Waals surface area contributed by atoms with Crippen molar-refractivity contribution < 1.29 is 23.4 Å². The summed E-state index contributed by atoms with van der Waals surface area (Å²) in [5, 5.41) is 11.0. The average Bonchev–Trinajstić information content (AvgIpc) is 2.73. The molecule has 2 aliphatic rings. The first-order chi connectivity index (χ1) is 11.1. The molecule has 6 heteroatoms. The van der Waals surface area contributed by atoms with Gasteiger partial charge in [0.2, 0.25) is 0 Å². The van der Waals surface area contributed by atoms with Gasteiger partial charge in [-0.2, -0.15) is 0 Å². The fourth-order valence-corrected chi connectivity index (χ4v) is 3.92. The van der Waals surface area contributed by atoms with Crippen LogP contribution in [-0.4, -0.2) is 33.8 Å². The first-order valence-corrected chi connectivity index (χ1v) is 8.29. The van der Waals surface area contributed by atoms with Crippen LogP contribution in [0.2, 0.25) is 0 Å². The van der Waals surface area contributed by atoms with E-state index < -0.39 is 28.9 Å². The molecule has 0 saturated carbocycles. The van der Waals surface area contributed by atoms with Gasteiger partial charge >= 0.3 is 6.09 Å². The number of hydrogen-bond donors (Lipinski definition) is 1. The summed E-state index contributed by atoms with van der Waals surface area (Å²) in [4.78, 5) is 14.1. The van der Waals surface area contributed by atoms with Crippen molar-refractivity contribution in [3.8, 4) is 0 Å². The van der Waals surface area contributed by atoms with E-state index in [1.54, 1.807) is 25.7 Å². The molecule has 2 bridgehead atoms. The number of hydrogen-bond acceptors (Lipinski definition) is 3. The minimum Gasteiger partial charge on any atom is -0.444 e. The van der Waals surface area contributed by atoms with E-state index >= 15 is 0 Å². The monoisotopic (exact) mass is 339 g/mol. The maximum absolute atomic E-state index is 14.1. The summed E-state index contributed by atoms with van der Waals surface area (Å²) < 4.78 is 33.1. The third-order valence-corrected chi connectivity index (χ3v) is 4.82. The number of carbonyl (C=O) groups is 1. The molecule has 132 valence electrons. The van der Waals surface area contributed by atoms with Gasteiger partial charge in [-0.25, -0.2) is 13.6 Å². The molecular formula is C18H23F2NO3. The average molecular weight is 339 g/mol. The van der Waals surface area contributed by atoms with Crippen LogP contribution in [0.5, 0.6) is 0 Å². The largest absolute Gasteiger partial charge is 0.444 e. The van der Waals surface area contributed by atoms with E-state index in [4.69, 9.17) is 4.74 Å². The first kappa shape index (κ1) is 17.1. The number of nitrogens with zero attached hydrogens (tertiary/aromatic N) is 1. The Kier molecular flexibility index (Phi) is 4.06. The highest BCUT2D eigenvalue weighted by Crippen LogP contribution is 2.46. The number of benzene rings is 1. The van der Waals surface area contributed by atoms with Crippen molar-refractivity contribution >= 4 is 6.09 Å². The number of ether oxygens (including phenoxy) is 1. The second kappa shape index (κ2) is 5.69. The van der Waals surface area contributed by atoms with Crippen LogP contribution in [0.4, 0.5) is 13.6 Å². The van der Waals surface area contributed by atoms with E-state index in [9.17, 15) is 18.7 Å². The summed E-state index contributed by atoms with van der Waals surface area (Å²) in [5.74, 6) is -1.98. The fraction of sp³-hybridized carbons (Fsp3) is 0.611. The molecule has 2 aliphatic heterocycles. The Labute approximate surface area is 140 Å². The highest BCUT2D eigenvalue weighted by molar-refractivity contribution is 5.69. The van der Waals surface area contributed by atoms with Gasteiger partial charge in [-0.05, 0) is 39.7 Å². The number of fused-ring (bicyclic) bond motifs is 2. The number of amides is 1. The predicted molar refractivity (Wildman–Crippen MR) is 84.4 cm³/mol. The predicted octanol–water partition coefficient (Wildman–Crippen LogP) is 3.71. The van der Waals surface area contributed by atoms with Crippen LogP contribution < -0.4 is 0 Å². The van der Waals surface area contributed by atoms with Crippen molar-refractivity contribution in [3.63, 3.8) is 0 Å². The Morgan fingerprint density at radius 2 is 1.83 bits per heavy atom. The lowest BCUT2D eigenvalue weighted by Crippen LogP contribution is -2.53. The second-order valence-electron chi connectivity index (χ2n) is 7.81. The maximum Gasteiger partial charge on any atom is 0.410 e. The zero-order valence-electron chi connectivity index (χ0n) is 14.2. The number of rotatable bonds is 1. The van der Waals surface area contributed by atoms with Crippen LogP contribution in [0, 0.1) is 11.6 Å². The van der Waals surface area contributed by atoms with E-state index in [0.29, 0.717) is 0 Å². The second-order valence-corrected chi connectivity index (χ2v) is 7.81. The Balaban J connectivity index is 1.84. The third-order valence-electron chi connectivity index (χ3n) is 4.82. The lowest BCUT2D eigenvalue weighted by Gasteiger charge is -2.44. The highest BCUT2D eigenvalue weighted by Gasteiger charge is 2.51. The van der Waals surface area contributed by atoms with Crippen molar-refractivity contribution in [2.24, 2.45) is 0 Å². The first-order valence-electron chi connectivity index (χ1n) is 8.29. The normalized spacial score (nSPS) is 29.7. The number of halogens is 2. The van der Waals surface area contributed by atoms with Crippen LogP contribution in [0.25, 0.3) is 0 Å². The zero-order valence-corrected chi connectivity index (χ0v) is 14.2. The Morgan fingerprint density at radius 3 is 2.38 bits per heavy atom. The smallest absolute Gasteiger partial charge is 0.410 e. The molecule has 2 atom stereocenters. The molecule has 0 radical (unpaired) electrons. The highest BCUT2D eigenvalue weighted by atomic mass is 19.2. The standard InChI is InChI=1S/C18H23F2NO3/c1-17(2,3)24-16(22)21-11-7-8-12(21)10-18(23,9-11)13-5-4-6-14(19)15(13)20/h4-6,11-12,23H,7-10H2,1-3H3. The Bertz CT molecular complexity index is 642. The molecule has 1 N–H and O–H groups in total. The lowest BCUT2D eigenvalue weighted by molar-refractivity contribution is -0.0643. The Morgan fingerprint density at radius 1 is 1.25 bits per heavy atom. The molecule has 1 amide bonds. The van der Waals surface area contributed by atoms with Gasteiger partial charge in [-0.1, -0.05) is 12.1 Å².